The maximum atomic E-state index is 11.0. The summed E-state index contributed by atoms with van der Waals surface area (Å²) in [5.41, 5.74) is 0. The number of aliphatic hydroxyl groups excluding tert-OH is 1. The van der Waals surface area contributed by atoms with Crippen molar-refractivity contribution in [3.63, 3.8) is 0 Å². The van der Waals surface area contributed by atoms with Crippen LogP contribution >= 0.6 is 0 Å². The lowest BCUT2D eigenvalue weighted by Gasteiger charge is -2.12. The number of hydrogen-bond donors (Lipinski definition) is 2. The molecule has 0 aliphatic heterocycles. The molecule has 0 saturated carbocycles. The van der Waals surface area contributed by atoms with Crippen LogP contribution in [0.25, 0.3) is 0 Å². The van der Waals surface area contributed by atoms with Crippen molar-refractivity contribution in [2.45, 2.75) is 19.1 Å². The Morgan fingerprint density at radius 1 is 1.64 bits per heavy atom. The van der Waals surface area contributed by atoms with E-state index in [1.807, 2.05) is 0 Å². The molecule has 4 nitrogen and oxygen atoms in total. The van der Waals surface area contributed by atoms with E-state index in [2.05, 4.69) is 5.32 Å². The van der Waals surface area contributed by atoms with E-state index in [0.29, 0.717) is 12.8 Å². The van der Waals surface area contributed by atoms with Gasteiger partial charge in [-0.05, 0) is 13.5 Å². The molecule has 0 radical (unpaired) electrons. The van der Waals surface area contributed by atoms with E-state index in [-0.39, 0.29) is 5.91 Å². The zero-order chi connectivity index (χ0) is 8.85. The van der Waals surface area contributed by atoms with Crippen LogP contribution in [0.1, 0.15) is 12.8 Å². The van der Waals surface area contributed by atoms with Crippen LogP contribution in [0.4, 0.5) is 0 Å². The van der Waals surface area contributed by atoms with Gasteiger partial charge in [-0.25, -0.2) is 0 Å². The molecule has 2 N–H and O–H groups in total. The van der Waals surface area contributed by atoms with E-state index in [1.54, 1.807) is 21.1 Å². The fourth-order valence-electron chi connectivity index (χ4n) is 0.628. The fourth-order valence-corrected chi connectivity index (χ4v) is 0.628. The van der Waals surface area contributed by atoms with Crippen LogP contribution in [0.15, 0.2) is 0 Å². The highest BCUT2D eigenvalue weighted by Crippen LogP contribution is 1.95. The van der Waals surface area contributed by atoms with Gasteiger partial charge in [-0.3, -0.25) is 10.1 Å². The van der Waals surface area contributed by atoms with E-state index in [0.717, 1.165) is 0 Å². The van der Waals surface area contributed by atoms with E-state index in [1.165, 1.54) is 4.90 Å². The van der Waals surface area contributed by atoms with Gasteiger partial charge in [0.1, 0.15) is 6.23 Å². The first-order chi connectivity index (χ1) is 5.07. The minimum atomic E-state index is -0.570. The van der Waals surface area contributed by atoms with Gasteiger partial charge in [0.2, 0.25) is 5.91 Å². The SMILES string of the molecule is CNC(O)CCC(=O)N(C)C. The number of amides is 1. The quantitative estimate of drug-likeness (QED) is 0.540. The number of nitrogens with zero attached hydrogens (tertiary/aromatic N) is 1. The first-order valence-corrected chi connectivity index (χ1v) is 3.63. The van der Waals surface area contributed by atoms with Crippen LogP contribution in [0.3, 0.4) is 0 Å². The van der Waals surface area contributed by atoms with E-state index in [9.17, 15) is 4.79 Å². The maximum Gasteiger partial charge on any atom is 0.222 e. The molecule has 0 aromatic rings. The molecule has 0 heterocycles. The van der Waals surface area contributed by atoms with Crippen LogP contribution < -0.4 is 5.32 Å². The summed E-state index contributed by atoms with van der Waals surface area (Å²) < 4.78 is 0. The molecule has 1 atom stereocenters. The van der Waals surface area contributed by atoms with Crippen molar-refractivity contribution in [2.24, 2.45) is 0 Å². The van der Waals surface area contributed by atoms with Gasteiger partial charge in [0.05, 0.1) is 0 Å². The smallest absolute Gasteiger partial charge is 0.222 e. The summed E-state index contributed by atoms with van der Waals surface area (Å²) in [6, 6.07) is 0. The van der Waals surface area contributed by atoms with Crippen molar-refractivity contribution < 1.29 is 9.90 Å². The summed E-state index contributed by atoms with van der Waals surface area (Å²) in [4.78, 5) is 12.5. The Kier molecular flexibility index (Phi) is 4.81. The molecule has 0 aromatic heterocycles. The van der Waals surface area contributed by atoms with Crippen molar-refractivity contribution in [1.29, 1.82) is 0 Å². The average Bonchev–Trinajstić information content (AvgIpc) is 1.99. The van der Waals surface area contributed by atoms with Gasteiger partial charge in [0.25, 0.3) is 0 Å². The highest BCUT2D eigenvalue weighted by molar-refractivity contribution is 5.75. The molecule has 1 unspecified atom stereocenters. The standard InChI is InChI=1S/C7H16N2O2/c1-8-6(10)4-5-7(11)9(2)3/h6,8,10H,4-5H2,1-3H3. The molecule has 66 valence electrons. The normalized spacial score (nSPS) is 12.7. The van der Waals surface area contributed by atoms with Crippen molar-refractivity contribution in [3.8, 4) is 0 Å². The maximum absolute atomic E-state index is 11.0. The van der Waals surface area contributed by atoms with Crippen LogP contribution in [0, 0.1) is 0 Å². The molecule has 1 amide bonds. The molecule has 0 fully saturated rings. The monoisotopic (exact) mass is 160 g/mol. The third kappa shape index (κ3) is 4.75. The number of carbonyl (C=O) groups excluding carboxylic acids is 1. The molecule has 0 spiro atoms. The molecule has 0 aliphatic rings. The Morgan fingerprint density at radius 3 is 2.55 bits per heavy atom. The van der Waals surface area contributed by atoms with E-state index < -0.39 is 6.23 Å². The molecular formula is C7H16N2O2. The van der Waals surface area contributed by atoms with Crippen molar-refractivity contribution in [3.05, 3.63) is 0 Å². The van der Waals surface area contributed by atoms with Crippen LogP contribution in [-0.4, -0.2) is 43.3 Å². The largest absolute Gasteiger partial charge is 0.379 e. The second-order valence-corrected chi connectivity index (χ2v) is 2.63. The first-order valence-electron chi connectivity index (χ1n) is 3.63. The molecule has 0 aromatic carbocycles. The third-order valence-electron chi connectivity index (χ3n) is 1.46. The zero-order valence-electron chi connectivity index (χ0n) is 7.29. The van der Waals surface area contributed by atoms with Gasteiger partial charge >= 0.3 is 0 Å². The lowest BCUT2D eigenvalue weighted by atomic mass is 10.2. The highest BCUT2D eigenvalue weighted by atomic mass is 16.3. The van der Waals surface area contributed by atoms with Gasteiger partial charge in [-0.15, -0.1) is 0 Å². The Hall–Kier alpha value is -0.610. The predicted octanol–water partition coefficient (Wildman–Crippen LogP) is -0.607. The zero-order valence-corrected chi connectivity index (χ0v) is 7.29. The molecule has 0 aliphatic carbocycles. The van der Waals surface area contributed by atoms with Gasteiger partial charge in [-0.1, -0.05) is 0 Å². The number of rotatable bonds is 4. The molecule has 11 heavy (non-hydrogen) atoms. The predicted molar refractivity (Wildman–Crippen MR) is 43.0 cm³/mol. The lowest BCUT2D eigenvalue weighted by Crippen LogP contribution is -2.28. The second kappa shape index (κ2) is 5.09. The van der Waals surface area contributed by atoms with Gasteiger partial charge in [0, 0.05) is 20.5 Å². The van der Waals surface area contributed by atoms with Crippen molar-refractivity contribution >= 4 is 5.91 Å². The number of nitrogens with one attached hydrogen (secondary N) is 1. The highest BCUT2D eigenvalue weighted by Gasteiger charge is 2.06. The molecule has 0 bridgehead atoms. The summed E-state index contributed by atoms with van der Waals surface area (Å²) in [6.45, 7) is 0. The Balaban J connectivity index is 3.46. The van der Waals surface area contributed by atoms with Crippen LogP contribution in [0.5, 0.6) is 0 Å². The average molecular weight is 160 g/mol. The number of carbonyl (C=O) groups is 1. The Bertz CT molecular complexity index is 126. The van der Waals surface area contributed by atoms with Gasteiger partial charge < -0.3 is 10.0 Å². The molecule has 0 saturated heterocycles. The summed E-state index contributed by atoms with van der Waals surface area (Å²) in [5, 5.41) is 11.7. The molecular weight excluding hydrogens is 144 g/mol. The number of hydrogen-bond acceptors (Lipinski definition) is 3. The summed E-state index contributed by atoms with van der Waals surface area (Å²) in [5.74, 6) is 0.0410. The molecule has 0 rings (SSSR count). The summed E-state index contributed by atoms with van der Waals surface area (Å²) in [7, 11) is 5.06. The van der Waals surface area contributed by atoms with Crippen LogP contribution in [-0.2, 0) is 4.79 Å². The van der Waals surface area contributed by atoms with Gasteiger partial charge in [0.15, 0.2) is 0 Å². The van der Waals surface area contributed by atoms with E-state index in [4.69, 9.17) is 5.11 Å². The molecule has 4 heteroatoms. The summed E-state index contributed by atoms with van der Waals surface area (Å²) in [6.07, 6.45) is 0.279. The Morgan fingerprint density at radius 2 is 2.18 bits per heavy atom. The van der Waals surface area contributed by atoms with Crippen molar-refractivity contribution in [2.75, 3.05) is 21.1 Å². The minimum Gasteiger partial charge on any atom is -0.379 e. The van der Waals surface area contributed by atoms with Gasteiger partial charge in [-0.2, -0.15) is 0 Å². The van der Waals surface area contributed by atoms with E-state index >= 15 is 0 Å². The Labute approximate surface area is 67.2 Å². The van der Waals surface area contributed by atoms with Crippen LogP contribution in [0.2, 0.25) is 0 Å². The fraction of sp³-hybridized carbons (Fsp3) is 0.857. The van der Waals surface area contributed by atoms with Crippen molar-refractivity contribution in [1.82, 2.24) is 10.2 Å². The second-order valence-electron chi connectivity index (χ2n) is 2.63. The third-order valence-corrected chi connectivity index (χ3v) is 1.46. The number of aliphatic hydroxyl groups is 1. The minimum absolute atomic E-state index is 0.0410. The first kappa shape index (κ1) is 10.4. The topological polar surface area (TPSA) is 52.6 Å². The summed E-state index contributed by atoms with van der Waals surface area (Å²) >= 11 is 0. The lowest BCUT2D eigenvalue weighted by molar-refractivity contribution is -0.129.